The van der Waals surface area contributed by atoms with E-state index in [4.69, 9.17) is 14.6 Å². The van der Waals surface area contributed by atoms with Gasteiger partial charge in [0.05, 0.1) is 18.9 Å². The maximum Gasteiger partial charge on any atom is 0.168 e. The summed E-state index contributed by atoms with van der Waals surface area (Å²) in [6, 6.07) is 7.21. The molecule has 1 N–H and O–H groups in total. The Balaban J connectivity index is 0.000000182. The number of rotatable bonds is 4. The van der Waals surface area contributed by atoms with Crippen LogP contribution in [-0.2, 0) is 16.0 Å². The van der Waals surface area contributed by atoms with E-state index in [0.717, 1.165) is 25.1 Å². The fraction of sp³-hybridized carbons (Fsp3) is 0.737. The highest BCUT2D eigenvalue weighted by atomic mass is 16.7. The molecule has 136 valence electrons. The SMILES string of the molecule is CC(C)N(Cc1ccccn1)C(C)C.OC1COC2(CCC2)OC1. The third-order valence-electron chi connectivity index (χ3n) is 4.59. The Labute approximate surface area is 146 Å². The summed E-state index contributed by atoms with van der Waals surface area (Å²) < 4.78 is 10.7. The van der Waals surface area contributed by atoms with Crippen LogP contribution in [0.2, 0.25) is 0 Å². The van der Waals surface area contributed by atoms with Crippen molar-refractivity contribution in [3.8, 4) is 0 Å². The standard InChI is InChI=1S/C12H20N2.C7H12O3/c1-10(2)14(11(3)4)9-12-7-5-6-8-13-12;8-6-4-9-7(10-5-6)2-1-3-7/h5-8,10-11H,9H2,1-4H3;6,8H,1-5H2. The molecule has 1 saturated heterocycles. The second-order valence-electron chi connectivity index (χ2n) is 7.22. The summed E-state index contributed by atoms with van der Waals surface area (Å²) in [5.41, 5.74) is 1.15. The Kier molecular flexibility index (Phi) is 7.16. The molecule has 1 spiro atoms. The highest BCUT2D eigenvalue weighted by Gasteiger charge is 2.42. The predicted octanol–water partition coefficient (Wildman–Crippen LogP) is 2.97. The molecule has 0 atom stereocenters. The molecule has 2 fully saturated rings. The molecule has 0 amide bonds. The van der Waals surface area contributed by atoms with Gasteiger partial charge in [-0.25, -0.2) is 0 Å². The number of nitrogens with zero attached hydrogens (tertiary/aromatic N) is 2. The van der Waals surface area contributed by atoms with Gasteiger partial charge in [-0.1, -0.05) is 6.07 Å². The molecule has 1 aliphatic heterocycles. The first-order valence-corrected chi connectivity index (χ1v) is 9.03. The summed E-state index contributed by atoms with van der Waals surface area (Å²) in [4.78, 5) is 6.77. The minimum atomic E-state index is -0.411. The zero-order valence-corrected chi connectivity index (χ0v) is 15.4. The van der Waals surface area contributed by atoms with E-state index in [9.17, 15) is 0 Å². The lowest BCUT2D eigenvalue weighted by molar-refractivity contribution is -0.323. The Hall–Kier alpha value is -1.01. The molecular weight excluding hydrogens is 304 g/mol. The van der Waals surface area contributed by atoms with Crippen LogP contribution in [0.1, 0.15) is 52.7 Å². The summed E-state index contributed by atoms with van der Waals surface area (Å²) in [6.07, 6.45) is 4.63. The number of aliphatic hydroxyl groups excluding tert-OH is 1. The highest BCUT2D eigenvalue weighted by Crippen LogP contribution is 2.38. The van der Waals surface area contributed by atoms with Gasteiger partial charge in [-0.3, -0.25) is 9.88 Å². The minimum absolute atomic E-state index is 0.279. The molecule has 2 aliphatic rings. The van der Waals surface area contributed by atoms with Crippen LogP contribution in [0.15, 0.2) is 24.4 Å². The van der Waals surface area contributed by atoms with Crippen molar-refractivity contribution in [3.63, 3.8) is 0 Å². The lowest BCUT2D eigenvalue weighted by atomic mass is 9.90. The van der Waals surface area contributed by atoms with Crippen LogP contribution in [0, 0.1) is 0 Å². The number of aliphatic hydroxyl groups is 1. The van der Waals surface area contributed by atoms with Gasteiger partial charge in [0.2, 0.25) is 0 Å². The van der Waals surface area contributed by atoms with Gasteiger partial charge in [0.15, 0.2) is 5.79 Å². The molecule has 2 heterocycles. The Morgan fingerprint density at radius 3 is 2.21 bits per heavy atom. The van der Waals surface area contributed by atoms with E-state index in [1.165, 1.54) is 6.42 Å². The first-order chi connectivity index (χ1) is 11.4. The summed E-state index contributed by atoms with van der Waals surface area (Å²) >= 11 is 0. The molecule has 5 nitrogen and oxygen atoms in total. The van der Waals surface area contributed by atoms with Crippen LogP contribution in [0.4, 0.5) is 0 Å². The van der Waals surface area contributed by atoms with Crippen LogP contribution in [0.5, 0.6) is 0 Å². The zero-order valence-electron chi connectivity index (χ0n) is 15.4. The summed E-state index contributed by atoms with van der Waals surface area (Å²) in [5, 5.41) is 9.01. The summed E-state index contributed by atoms with van der Waals surface area (Å²) in [5.74, 6) is -0.279. The van der Waals surface area contributed by atoms with Crippen molar-refractivity contribution in [2.45, 2.75) is 77.5 Å². The minimum Gasteiger partial charge on any atom is -0.388 e. The van der Waals surface area contributed by atoms with Gasteiger partial charge in [0.1, 0.15) is 6.10 Å². The Bertz CT molecular complexity index is 457. The third kappa shape index (κ3) is 5.52. The number of hydrogen-bond donors (Lipinski definition) is 1. The first kappa shape index (κ1) is 19.3. The molecule has 0 bridgehead atoms. The molecule has 3 rings (SSSR count). The van der Waals surface area contributed by atoms with Crippen molar-refractivity contribution in [3.05, 3.63) is 30.1 Å². The molecule has 1 aliphatic carbocycles. The van der Waals surface area contributed by atoms with Crippen molar-refractivity contribution < 1.29 is 14.6 Å². The van der Waals surface area contributed by atoms with Crippen LogP contribution in [-0.4, -0.2) is 52.2 Å². The molecule has 1 saturated carbocycles. The zero-order chi connectivity index (χ0) is 17.6. The van der Waals surface area contributed by atoms with Crippen molar-refractivity contribution in [1.82, 2.24) is 9.88 Å². The van der Waals surface area contributed by atoms with Crippen molar-refractivity contribution in [1.29, 1.82) is 0 Å². The lowest BCUT2D eigenvalue weighted by Gasteiger charge is -2.44. The normalized spacial score (nSPS) is 20.2. The van der Waals surface area contributed by atoms with Gasteiger partial charge >= 0.3 is 0 Å². The van der Waals surface area contributed by atoms with Gasteiger partial charge in [-0.15, -0.1) is 0 Å². The van der Waals surface area contributed by atoms with Crippen LogP contribution < -0.4 is 0 Å². The van der Waals surface area contributed by atoms with Crippen molar-refractivity contribution in [2.75, 3.05) is 13.2 Å². The van der Waals surface area contributed by atoms with E-state index in [2.05, 4.69) is 43.6 Å². The molecule has 0 aromatic carbocycles. The Morgan fingerprint density at radius 2 is 1.79 bits per heavy atom. The number of aromatic nitrogens is 1. The van der Waals surface area contributed by atoms with Crippen LogP contribution >= 0.6 is 0 Å². The van der Waals surface area contributed by atoms with E-state index in [0.29, 0.717) is 25.3 Å². The molecular formula is C19H32N2O3. The summed E-state index contributed by atoms with van der Waals surface area (Å²) in [7, 11) is 0. The van der Waals surface area contributed by atoms with E-state index < -0.39 is 6.10 Å². The molecule has 24 heavy (non-hydrogen) atoms. The largest absolute Gasteiger partial charge is 0.388 e. The number of pyridine rings is 1. The maximum absolute atomic E-state index is 9.01. The van der Waals surface area contributed by atoms with Crippen molar-refractivity contribution >= 4 is 0 Å². The lowest BCUT2D eigenvalue weighted by Crippen LogP contribution is -2.50. The van der Waals surface area contributed by atoms with E-state index >= 15 is 0 Å². The van der Waals surface area contributed by atoms with Crippen LogP contribution in [0.25, 0.3) is 0 Å². The average molecular weight is 336 g/mol. The maximum atomic E-state index is 9.01. The van der Waals surface area contributed by atoms with E-state index in [1.54, 1.807) is 0 Å². The van der Waals surface area contributed by atoms with Crippen LogP contribution in [0.3, 0.4) is 0 Å². The second kappa shape index (κ2) is 8.90. The van der Waals surface area contributed by atoms with Gasteiger partial charge in [0.25, 0.3) is 0 Å². The average Bonchev–Trinajstić information content (AvgIpc) is 2.53. The number of hydrogen-bond acceptors (Lipinski definition) is 5. The molecule has 5 heteroatoms. The smallest absolute Gasteiger partial charge is 0.168 e. The van der Waals surface area contributed by atoms with E-state index in [1.807, 2.05) is 18.3 Å². The first-order valence-electron chi connectivity index (χ1n) is 9.03. The van der Waals surface area contributed by atoms with E-state index in [-0.39, 0.29) is 5.79 Å². The molecule has 0 radical (unpaired) electrons. The fourth-order valence-electron chi connectivity index (χ4n) is 2.98. The molecule has 1 aromatic heterocycles. The molecule has 0 unspecified atom stereocenters. The summed E-state index contributed by atoms with van der Waals surface area (Å²) in [6.45, 7) is 10.7. The highest BCUT2D eigenvalue weighted by molar-refractivity contribution is 5.03. The topological polar surface area (TPSA) is 54.8 Å². The van der Waals surface area contributed by atoms with Gasteiger partial charge in [-0.05, 0) is 46.2 Å². The van der Waals surface area contributed by atoms with Gasteiger partial charge in [0, 0.05) is 37.7 Å². The third-order valence-corrected chi connectivity index (χ3v) is 4.59. The fourth-order valence-corrected chi connectivity index (χ4v) is 2.98. The Morgan fingerprint density at radius 1 is 1.17 bits per heavy atom. The van der Waals surface area contributed by atoms with Gasteiger partial charge < -0.3 is 14.6 Å². The monoisotopic (exact) mass is 336 g/mol. The van der Waals surface area contributed by atoms with Gasteiger partial charge in [-0.2, -0.15) is 0 Å². The van der Waals surface area contributed by atoms with Crippen molar-refractivity contribution in [2.24, 2.45) is 0 Å². The molecule has 1 aromatic rings. The predicted molar refractivity (Wildman–Crippen MR) is 94.5 cm³/mol. The second-order valence-corrected chi connectivity index (χ2v) is 7.22. The number of ether oxygens (including phenoxy) is 2. The quantitative estimate of drug-likeness (QED) is 0.916.